The van der Waals surface area contributed by atoms with Gasteiger partial charge in [-0.2, -0.15) is 0 Å². The molecule has 0 atom stereocenters. The van der Waals surface area contributed by atoms with E-state index < -0.39 is 0 Å². The van der Waals surface area contributed by atoms with Crippen LogP contribution in [0.15, 0.2) is 40.9 Å². The molecule has 26 heavy (non-hydrogen) atoms. The van der Waals surface area contributed by atoms with Crippen molar-refractivity contribution in [3.05, 3.63) is 52.0 Å². The van der Waals surface area contributed by atoms with Gasteiger partial charge in [-0.25, -0.2) is 0 Å². The van der Waals surface area contributed by atoms with Crippen LogP contribution in [-0.2, 0) is 11.4 Å². The molecule has 138 valence electrons. The Hall–Kier alpha value is -2.34. The molecule has 0 unspecified atom stereocenters. The first-order valence-corrected chi connectivity index (χ1v) is 9.14. The zero-order valence-electron chi connectivity index (χ0n) is 15.1. The smallest absolute Gasteiger partial charge is 0.224 e. The Morgan fingerprint density at radius 2 is 1.85 bits per heavy atom. The van der Waals surface area contributed by atoms with Crippen LogP contribution in [0.4, 0.5) is 5.69 Å². The third-order valence-electron chi connectivity index (χ3n) is 3.75. The number of carbonyl (C=O) groups excluding carboxylic acids is 2. The predicted molar refractivity (Wildman–Crippen MR) is 105 cm³/mol. The number of hydrogen-bond donors (Lipinski definition) is 1. The maximum Gasteiger partial charge on any atom is 0.224 e. The highest BCUT2D eigenvalue weighted by Gasteiger charge is 2.13. The number of Topliss-reactive ketones (excluding diaryl/α,β-unsaturated/α-hetero) is 1. The largest absolute Gasteiger partial charge is 0.496 e. The third kappa shape index (κ3) is 5.33. The second-order valence-corrected chi connectivity index (χ2v) is 6.73. The van der Waals surface area contributed by atoms with Crippen LogP contribution in [0.1, 0.15) is 42.6 Å². The van der Waals surface area contributed by atoms with Crippen LogP contribution in [0.3, 0.4) is 0 Å². The average molecular weight is 420 g/mol. The fourth-order valence-corrected chi connectivity index (χ4v) is 2.88. The quantitative estimate of drug-likeness (QED) is 0.612. The summed E-state index contributed by atoms with van der Waals surface area (Å²) in [5.74, 6) is 0.969. The first-order chi connectivity index (χ1) is 12.4. The molecule has 0 fully saturated rings. The van der Waals surface area contributed by atoms with Gasteiger partial charge in [-0.1, -0.05) is 22.9 Å². The van der Waals surface area contributed by atoms with E-state index in [1.54, 1.807) is 25.3 Å². The molecule has 0 aromatic heterocycles. The van der Waals surface area contributed by atoms with Gasteiger partial charge in [0.25, 0.3) is 0 Å². The van der Waals surface area contributed by atoms with Crippen LogP contribution < -0.4 is 14.8 Å². The molecule has 1 amide bonds. The van der Waals surface area contributed by atoms with E-state index in [1.165, 1.54) is 6.92 Å². The van der Waals surface area contributed by atoms with Crippen LogP contribution >= 0.6 is 15.9 Å². The molecule has 0 spiro atoms. The average Bonchev–Trinajstić information content (AvgIpc) is 2.60. The van der Waals surface area contributed by atoms with Gasteiger partial charge in [-0.3, -0.25) is 9.59 Å². The molecule has 0 radical (unpaired) electrons. The lowest BCUT2D eigenvalue weighted by molar-refractivity contribution is -0.116. The monoisotopic (exact) mass is 419 g/mol. The Kier molecular flexibility index (Phi) is 7.21. The number of halogens is 1. The second-order valence-electron chi connectivity index (χ2n) is 5.81. The molecule has 0 saturated carbocycles. The molecule has 0 saturated heterocycles. The number of rotatable bonds is 8. The number of anilines is 1. The molecule has 0 aliphatic heterocycles. The Morgan fingerprint density at radius 1 is 1.12 bits per heavy atom. The summed E-state index contributed by atoms with van der Waals surface area (Å²) in [4.78, 5) is 23.7. The molecule has 0 aliphatic carbocycles. The van der Waals surface area contributed by atoms with Crippen molar-refractivity contribution in [2.75, 3.05) is 12.4 Å². The number of amides is 1. The molecule has 0 heterocycles. The molecule has 0 aliphatic rings. The number of ether oxygens (including phenoxy) is 2. The Labute approximate surface area is 161 Å². The molecule has 1 N–H and O–H groups in total. The van der Waals surface area contributed by atoms with Gasteiger partial charge in [-0.05, 0) is 49.7 Å². The van der Waals surface area contributed by atoms with Crippen LogP contribution in [-0.4, -0.2) is 18.8 Å². The maximum atomic E-state index is 12.0. The summed E-state index contributed by atoms with van der Waals surface area (Å²) in [5.41, 5.74) is 1.87. The SMILES string of the molecule is CCCC(=O)Nc1ccc(OCc2cc(Br)ccc2OC)c(C(C)=O)c1. The summed E-state index contributed by atoms with van der Waals surface area (Å²) in [6.07, 6.45) is 1.21. The normalized spacial score (nSPS) is 10.3. The number of methoxy groups -OCH3 is 1. The van der Waals surface area contributed by atoms with Gasteiger partial charge in [0.1, 0.15) is 18.1 Å². The fraction of sp³-hybridized carbons (Fsp3) is 0.300. The topological polar surface area (TPSA) is 64.6 Å². The van der Waals surface area contributed by atoms with Crippen LogP contribution in [0.2, 0.25) is 0 Å². The van der Waals surface area contributed by atoms with Crippen molar-refractivity contribution in [3.63, 3.8) is 0 Å². The maximum absolute atomic E-state index is 12.0. The minimum Gasteiger partial charge on any atom is -0.496 e. The minimum atomic E-state index is -0.132. The highest BCUT2D eigenvalue weighted by atomic mass is 79.9. The van der Waals surface area contributed by atoms with E-state index >= 15 is 0 Å². The van der Waals surface area contributed by atoms with Crippen molar-refractivity contribution >= 4 is 33.3 Å². The lowest BCUT2D eigenvalue weighted by Crippen LogP contribution is -2.11. The number of ketones is 1. The van der Waals surface area contributed by atoms with Crippen LogP contribution in [0.5, 0.6) is 11.5 Å². The minimum absolute atomic E-state index is 0.0745. The number of benzene rings is 2. The fourth-order valence-electron chi connectivity index (χ4n) is 2.47. The van der Waals surface area contributed by atoms with E-state index in [0.717, 1.165) is 16.5 Å². The first kappa shape index (κ1) is 20.0. The predicted octanol–water partition coefficient (Wildman–Crippen LogP) is 4.98. The van der Waals surface area contributed by atoms with E-state index in [2.05, 4.69) is 21.2 Å². The molecule has 0 bridgehead atoms. The van der Waals surface area contributed by atoms with Crippen molar-refractivity contribution < 1.29 is 19.1 Å². The van der Waals surface area contributed by atoms with Gasteiger partial charge in [0.2, 0.25) is 5.91 Å². The zero-order valence-corrected chi connectivity index (χ0v) is 16.7. The molecular formula is C20H22BrNO4. The van der Waals surface area contributed by atoms with Crippen molar-refractivity contribution in [1.82, 2.24) is 0 Å². The van der Waals surface area contributed by atoms with Gasteiger partial charge in [0.15, 0.2) is 5.78 Å². The molecule has 2 aromatic carbocycles. The van der Waals surface area contributed by atoms with Crippen molar-refractivity contribution in [2.45, 2.75) is 33.3 Å². The van der Waals surface area contributed by atoms with Crippen LogP contribution in [0.25, 0.3) is 0 Å². The Bertz CT molecular complexity index is 804. The van der Waals surface area contributed by atoms with Crippen molar-refractivity contribution in [3.8, 4) is 11.5 Å². The number of nitrogens with one attached hydrogen (secondary N) is 1. The Morgan fingerprint density at radius 3 is 2.50 bits per heavy atom. The van der Waals surface area contributed by atoms with Gasteiger partial charge < -0.3 is 14.8 Å². The highest BCUT2D eigenvalue weighted by molar-refractivity contribution is 9.10. The molecule has 5 nitrogen and oxygen atoms in total. The summed E-state index contributed by atoms with van der Waals surface area (Å²) in [5, 5.41) is 2.79. The third-order valence-corrected chi connectivity index (χ3v) is 4.24. The molecule has 2 rings (SSSR count). The van der Waals surface area contributed by atoms with Crippen molar-refractivity contribution in [1.29, 1.82) is 0 Å². The lowest BCUT2D eigenvalue weighted by atomic mass is 10.1. The first-order valence-electron chi connectivity index (χ1n) is 8.34. The summed E-state index contributed by atoms with van der Waals surface area (Å²) < 4.78 is 12.1. The van der Waals surface area contributed by atoms with Gasteiger partial charge in [0, 0.05) is 22.1 Å². The summed E-state index contributed by atoms with van der Waals surface area (Å²) in [6, 6.07) is 10.7. The van der Waals surface area contributed by atoms with Crippen LogP contribution in [0, 0.1) is 0 Å². The zero-order chi connectivity index (χ0) is 19.1. The molecular weight excluding hydrogens is 398 g/mol. The van der Waals surface area contributed by atoms with Crippen molar-refractivity contribution in [2.24, 2.45) is 0 Å². The van der Waals surface area contributed by atoms with E-state index in [4.69, 9.17) is 9.47 Å². The lowest BCUT2D eigenvalue weighted by Gasteiger charge is -2.14. The summed E-state index contributed by atoms with van der Waals surface area (Å²) in [7, 11) is 1.60. The van der Waals surface area contributed by atoms with Gasteiger partial charge >= 0.3 is 0 Å². The number of hydrogen-bond acceptors (Lipinski definition) is 4. The van der Waals surface area contributed by atoms with E-state index in [9.17, 15) is 9.59 Å². The highest BCUT2D eigenvalue weighted by Crippen LogP contribution is 2.28. The Balaban J connectivity index is 2.20. The molecule has 2 aromatic rings. The van der Waals surface area contributed by atoms with Gasteiger partial charge in [0.05, 0.1) is 12.7 Å². The summed E-state index contributed by atoms with van der Waals surface area (Å²) >= 11 is 3.43. The van der Waals surface area contributed by atoms with E-state index in [-0.39, 0.29) is 18.3 Å². The van der Waals surface area contributed by atoms with E-state index in [0.29, 0.717) is 29.2 Å². The number of carbonyl (C=O) groups is 2. The standard InChI is InChI=1S/C20H22BrNO4/c1-4-5-20(24)22-16-7-9-19(17(11-16)13(2)23)26-12-14-10-15(21)6-8-18(14)25-3/h6-11H,4-5,12H2,1-3H3,(H,22,24). The van der Waals surface area contributed by atoms with Gasteiger partial charge in [-0.15, -0.1) is 0 Å². The molecule has 6 heteroatoms. The van der Waals surface area contributed by atoms with E-state index in [1.807, 2.05) is 25.1 Å². The summed E-state index contributed by atoms with van der Waals surface area (Å²) in [6.45, 7) is 3.66. The second kappa shape index (κ2) is 9.38.